The maximum Gasteiger partial charge on any atom is 0.251 e. The van der Waals surface area contributed by atoms with E-state index in [9.17, 15) is 9.18 Å². The summed E-state index contributed by atoms with van der Waals surface area (Å²) in [5.41, 5.74) is 0.519. The zero-order chi connectivity index (χ0) is 12.3. The van der Waals surface area contributed by atoms with Gasteiger partial charge in [0, 0.05) is 11.6 Å². The van der Waals surface area contributed by atoms with Crippen molar-refractivity contribution in [2.45, 2.75) is 18.9 Å². The van der Waals surface area contributed by atoms with Gasteiger partial charge in [-0.15, -0.1) is 0 Å². The summed E-state index contributed by atoms with van der Waals surface area (Å²) < 4.78 is 12.7. The minimum Gasteiger partial charge on any atom is -0.349 e. The lowest BCUT2D eigenvalue weighted by atomic mass is 10.0. The molecule has 1 saturated heterocycles. The second kappa shape index (κ2) is 5.27. The minimum absolute atomic E-state index is 0.112. The lowest BCUT2D eigenvalue weighted by Crippen LogP contribution is -2.43. The van der Waals surface area contributed by atoms with Crippen molar-refractivity contribution in [2.24, 2.45) is 0 Å². The fourth-order valence-corrected chi connectivity index (χ4v) is 2.02. The van der Waals surface area contributed by atoms with Crippen molar-refractivity contribution < 1.29 is 9.18 Å². The number of carbonyl (C=O) groups excluding carboxylic acids is 1. The van der Waals surface area contributed by atoms with Gasteiger partial charge in [-0.3, -0.25) is 4.79 Å². The van der Waals surface area contributed by atoms with Gasteiger partial charge < -0.3 is 10.2 Å². The first-order valence-electron chi connectivity index (χ1n) is 5.90. The van der Waals surface area contributed by atoms with E-state index in [1.54, 1.807) is 0 Å². The van der Waals surface area contributed by atoms with Crippen molar-refractivity contribution in [2.75, 3.05) is 20.1 Å². The molecule has 3 nitrogen and oxygen atoms in total. The maximum atomic E-state index is 12.7. The zero-order valence-electron chi connectivity index (χ0n) is 9.95. The third-order valence-electron chi connectivity index (χ3n) is 3.16. The number of likely N-dealkylation sites (tertiary alicyclic amines) is 1. The predicted octanol–water partition coefficient (Wildman–Crippen LogP) is 1.65. The summed E-state index contributed by atoms with van der Waals surface area (Å²) in [6.45, 7) is 2.02. The molecule has 0 aromatic heterocycles. The third kappa shape index (κ3) is 3.27. The quantitative estimate of drug-likeness (QED) is 0.846. The van der Waals surface area contributed by atoms with E-state index in [1.807, 2.05) is 0 Å². The highest BCUT2D eigenvalue weighted by molar-refractivity contribution is 5.94. The highest BCUT2D eigenvalue weighted by Gasteiger charge is 2.18. The number of rotatable bonds is 2. The number of carbonyl (C=O) groups is 1. The van der Waals surface area contributed by atoms with E-state index in [2.05, 4.69) is 17.3 Å². The van der Waals surface area contributed by atoms with Crippen LogP contribution in [0.15, 0.2) is 24.3 Å². The number of piperidine rings is 1. The summed E-state index contributed by atoms with van der Waals surface area (Å²) in [7, 11) is 2.08. The fraction of sp³-hybridized carbons (Fsp3) is 0.462. The van der Waals surface area contributed by atoms with Crippen molar-refractivity contribution in [3.8, 4) is 0 Å². The first kappa shape index (κ1) is 12.0. The third-order valence-corrected chi connectivity index (χ3v) is 3.16. The molecule has 2 rings (SSSR count). The first-order chi connectivity index (χ1) is 8.15. The molecule has 0 spiro atoms. The van der Waals surface area contributed by atoms with Crippen LogP contribution in [0, 0.1) is 5.82 Å². The molecule has 0 atom stereocenters. The van der Waals surface area contributed by atoms with E-state index >= 15 is 0 Å². The number of hydrogen-bond acceptors (Lipinski definition) is 2. The Balaban J connectivity index is 1.91. The molecule has 0 unspecified atom stereocenters. The average Bonchev–Trinajstić information content (AvgIpc) is 2.33. The standard InChI is InChI=1S/C13H17FN2O/c1-16-8-6-12(7-9-16)15-13(17)10-2-4-11(14)5-3-10/h2-5,12H,6-9H2,1H3,(H,15,17). The lowest BCUT2D eigenvalue weighted by Gasteiger charge is -2.29. The number of nitrogens with zero attached hydrogens (tertiary/aromatic N) is 1. The highest BCUT2D eigenvalue weighted by atomic mass is 19.1. The van der Waals surface area contributed by atoms with Crippen LogP contribution >= 0.6 is 0 Å². The summed E-state index contributed by atoms with van der Waals surface area (Å²) >= 11 is 0. The van der Waals surface area contributed by atoms with Crippen LogP contribution in [0.5, 0.6) is 0 Å². The Kier molecular flexibility index (Phi) is 3.74. The summed E-state index contributed by atoms with van der Waals surface area (Å²) in [6, 6.07) is 5.88. The molecular weight excluding hydrogens is 219 g/mol. The monoisotopic (exact) mass is 236 g/mol. The van der Waals surface area contributed by atoms with Gasteiger partial charge >= 0.3 is 0 Å². The summed E-state index contributed by atoms with van der Waals surface area (Å²) in [5, 5.41) is 2.99. The van der Waals surface area contributed by atoms with Crippen LogP contribution in [-0.4, -0.2) is 37.0 Å². The zero-order valence-corrected chi connectivity index (χ0v) is 9.95. The molecule has 4 heteroatoms. The molecule has 1 aliphatic rings. The van der Waals surface area contributed by atoms with Crippen LogP contribution in [0.3, 0.4) is 0 Å². The second-order valence-electron chi connectivity index (χ2n) is 4.56. The second-order valence-corrected chi connectivity index (χ2v) is 4.56. The van der Waals surface area contributed by atoms with Crippen molar-refractivity contribution in [3.05, 3.63) is 35.6 Å². The maximum absolute atomic E-state index is 12.7. The van der Waals surface area contributed by atoms with Crippen molar-refractivity contribution in [1.29, 1.82) is 0 Å². The van der Waals surface area contributed by atoms with E-state index in [-0.39, 0.29) is 17.8 Å². The van der Waals surface area contributed by atoms with Crippen LogP contribution < -0.4 is 5.32 Å². The summed E-state index contributed by atoms with van der Waals surface area (Å²) in [5.74, 6) is -0.430. The van der Waals surface area contributed by atoms with Gasteiger partial charge in [-0.2, -0.15) is 0 Å². The highest BCUT2D eigenvalue weighted by Crippen LogP contribution is 2.10. The topological polar surface area (TPSA) is 32.3 Å². The number of halogens is 1. The molecule has 17 heavy (non-hydrogen) atoms. The fourth-order valence-electron chi connectivity index (χ4n) is 2.02. The molecule has 1 heterocycles. The van der Waals surface area contributed by atoms with E-state index < -0.39 is 0 Å². The average molecular weight is 236 g/mol. The van der Waals surface area contributed by atoms with E-state index in [4.69, 9.17) is 0 Å². The van der Waals surface area contributed by atoms with Crippen LogP contribution in [0.1, 0.15) is 23.2 Å². The number of amides is 1. The largest absolute Gasteiger partial charge is 0.349 e. The molecule has 0 radical (unpaired) electrons. The van der Waals surface area contributed by atoms with Crippen molar-refractivity contribution in [1.82, 2.24) is 10.2 Å². The van der Waals surface area contributed by atoms with Crippen LogP contribution in [-0.2, 0) is 0 Å². The molecular formula is C13H17FN2O. The molecule has 0 bridgehead atoms. The van der Waals surface area contributed by atoms with Gasteiger partial charge in [-0.25, -0.2) is 4.39 Å². The van der Waals surface area contributed by atoms with Crippen LogP contribution in [0.4, 0.5) is 4.39 Å². The summed E-state index contributed by atoms with van der Waals surface area (Å²) in [4.78, 5) is 14.1. The smallest absolute Gasteiger partial charge is 0.251 e. The van der Waals surface area contributed by atoms with Crippen LogP contribution in [0.2, 0.25) is 0 Å². The van der Waals surface area contributed by atoms with Gasteiger partial charge in [0.2, 0.25) is 0 Å². The normalized spacial score (nSPS) is 18.0. The number of hydrogen-bond donors (Lipinski definition) is 1. The molecule has 1 fully saturated rings. The Bertz CT molecular complexity index is 383. The van der Waals surface area contributed by atoms with Gasteiger partial charge in [0.15, 0.2) is 0 Å². The molecule has 0 aliphatic carbocycles. The number of benzene rings is 1. The Labute approximate surface area is 101 Å². The molecule has 1 aromatic carbocycles. The Morgan fingerprint density at radius 2 is 1.88 bits per heavy atom. The minimum atomic E-state index is -0.319. The SMILES string of the molecule is CN1CCC(NC(=O)c2ccc(F)cc2)CC1. The van der Waals surface area contributed by atoms with Crippen molar-refractivity contribution >= 4 is 5.91 Å². The Morgan fingerprint density at radius 3 is 2.47 bits per heavy atom. The first-order valence-corrected chi connectivity index (χ1v) is 5.90. The van der Waals surface area contributed by atoms with Gasteiger partial charge in [0.05, 0.1) is 0 Å². The van der Waals surface area contributed by atoms with E-state index in [1.165, 1.54) is 24.3 Å². The molecule has 1 amide bonds. The van der Waals surface area contributed by atoms with Crippen molar-refractivity contribution in [3.63, 3.8) is 0 Å². The van der Waals surface area contributed by atoms with Gasteiger partial charge in [-0.1, -0.05) is 0 Å². The number of nitrogens with one attached hydrogen (secondary N) is 1. The Hall–Kier alpha value is -1.42. The molecule has 92 valence electrons. The van der Waals surface area contributed by atoms with Gasteiger partial charge in [-0.05, 0) is 57.2 Å². The molecule has 1 aliphatic heterocycles. The van der Waals surface area contributed by atoms with Gasteiger partial charge in [0.25, 0.3) is 5.91 Å². The molecule has 0 saturated carbocycles. The van der Waals surface area contributed by atoms with E-state index in [0.717, 1.165) is 25.9 Å². The Morgan fingerprint density at radius 1 is 1.29 bits per heavy atom. The van der Waals surface area contributed by atoms with E-state index in [0.29, 0.717) is 5.56 Å². The molecule has 1 N–H and O–H groups in total. The van der Waals surface area contributed by atoms with Gasteiger partial charge in [0.1, 0.15) is 5.82 Å². The van der Waals surface area contributed by atoms with Crippen LogP contribution in [0.25, 0.3) is 0 Å². The predicted molar refractivity (Wildman–Crippen MR) is 64.4 cm³/mol. The summed E-state index contributed by atoms with van der Waals surface area (Å²) in [6.07, 6.45) is 1.95. The molecule has 1 aromatic rings. The lowest BCUT2D eigenvalue weighted by molar-refractivity contribution is 0.0917.